The summed E-state index contributed by atoms with van der Waals surface area (Å²) in [6.45, 7) is 6.57. The third-order valence-electron chi connectivity index (χ3n) is 11.3. The van der Waals surface area contributed by atoms with Crippen molar-refractivity contribution in [3.05, 3.63) is 45.5 Å². The lowest BCUT2D eigenvalue weighted by Crippen LogP contribution is -2.54. The number of fused-ring (bicyclic) bond motifs is 8. The predicted molar refractivity (Wildman–Crippen MR) is 155 cm³/mol. The summed E-state index contributed by atoms with van der Waals surface area (Å²) in [6, 6.07) is 10.1. The molecule has 200 valence electrons. The number of carbonyl (C=O) groups is 1. The molecule has 3 aromatic rings. The Bertz CT molecular complexity index is 1500. The van der Waals surface area contributed by atoms with Crippen LogP contribution in [0.1, 0.15) is 69.7 Å². The van der Waals surface area contributed by atoms with Gasteiger partial charge in [-0.2, -0.15) is 0 Å². The maximum absolute atomic E-state index is 11.8. The normalized spacial score (nSPS) is 35.7. The highest BCUT2D eigenvalue weighted by molar-refractivity contribution is 7.71. The van der Waals surface area contributed by atoms with Gasteiger partial charge in [0.15, 0.2) is 0 Å². The highest BCUT2D eigenvalue weighted by atomic mass is 32.1. The molecule has 3 saturated carbocycles. The zero-order valence-corrected chi connectivity index (χ0v) is 24.2. The first-order valence-corrected chi connectivity index (χ1v) is 15.5. The summed E-state index contributed by atoms with van der Waals surface area (Å²) in [6.07, 6.45) is 9.50. The Morgan fingerprint density at radius 2 is 1.87 bits per heavy atom. The SMILES string of the molecule is CC(=O)O[C@H]1CC[C@H]2[C@@H]3CC[C@H]4Cc5c(sc6nc(=S)n(-c7ccccc7)c(N)c56)C[C@]4(C)[C@H]3CC[C@]12C. The quantitative estimate of drug-likeness (QED) is 0.269. The van der Waals surface area contributed by atoms with Gasteiger partial charge in [0.2, 0.25) is 4.77 Å². The van der Waals surface area contributed by atoms with E-state index in [-0.39, 0.29) is 17.5 Å². The van der Waals surface area contributed by atoms with Gasteiger partial charge in [0, 0.05) is 22.9 Å². The molecular weight excluding hydrogens is 510 g/mol. The Labute approximate surface area is 233 Å². The van der Waals surface area contributed by atoms with Crippen molar-refractivity contribution in [2.45, 2.75) is 78.2 Å². The molecule has 0 spiro atoms. The third-order valence-corrected chi connectivity index (χ3v) is 12.7. The van der Waals surface area contributed by atoms with Gasteiger partial charge >= 0.3 is 5.97 Å². The lowest BCUT2D eigenvalue weighted by molar-refractivity contribution is -0.160. The van der Waals surface area contributed by atoms with Crippen molar-refractivity contribution in [1.29, 1.82) is 0 Å². The van der Waals surface area contributed by atoms with E-state index in [1.165, 1.54) is 42.5 Å². The molecule has 4 aliphatic carbocycles. The van der Waals surface area contributed by atoms with Crippen LogP contribution < -0.4 is 5.73 Å². The first kappa shape index (κ1) is 24.8. The van der Waals surface area contributed by atoms with Crippen molar-refractivity contribution in [2.24, 2.45) is 34.5 Å². The third kappa shape index (κ3) is 3.43. The molecule has 5 nitrogen and oxygen atoms in total. The first-order chi connectivity index (χ1) is 18.2. The van der Waals surface area contributed by atoms with Crippen LogP contribution in [-0.4, -0.2) is 21.6 Å². The molecule has 2 heterocycles. The minimum Gasteiger partial charge on any atom is -0.462 e. The van der Waals surface area contributed by atoms with E-state index >= 15 is 0 Å². The van der Waals surface area contributed by atoms with Crippen molar-refractivity contribution in [3.8, 4) is 5.69 Å². The van der Waals surface area contributed by atoms with Gasteiger partial charge in [0.1, 0.15) is 16.8 Å². The van der Waals surface area contributed by atoms with Crippen LogP contribution in [0, 0.1) is 39.3 Å². The molecule has 38 heavy (non-hydrogen) atoms. The maximum Gasteiger partial charge on any atom is 0.302 e. The van der Waals surface area contributed by atoms with Gasteiger partial charge in [-0.25, -0.2) is 4.98 Å². The Morgan fingerprint density at radius 3 is 2.63 bits per heavy atom. The average Bonchev–Trinajstić information content (AvgIpc) is 3.39. The second-order valence-electron chi connectivity index (χ2n) is 12.9. The van der Waals surface area contributed by atoms with E-state index in [1.54, 1.807) is 6.92 Å². The summed E-state index contributed by atoms with van der Waals surface area (Å²) in [7, 11) is 0. The van der Waals surface area contributed by atoms with Gasteiger partial charge in [-0.3, -0.25) is 9.36 Å². The van der Waals surface area contributed by atoms with E-state index < -0.39 is 0 Å². The fourth-order valence-electron chi connectivity index (χ4n) is 9.46. The zero-order valence-electron chi connectivity index (χ0n) is 22.5. The number of aromatic nitrogens is 2. The monoisotopic (exact) mass is 547 g/mol. The topological polar surface area (TPSA) is 70.1 Å². The Morgan fingerprint density at radius 1 is 1.11 bits per heavy atom. The van der Waals surface area contributed by atoms with Crippen molar-refractivity contribution in [3.63, 3.8) is 0 Å². The molecule has 2 N–H and O–H groups in total. The van der Waals surface area contributed by atoms with Gasteiger partial charge in [-0.15, -0.1) is 11.3 Å². The van der Waals surface area contributed by atoms with Crippen molar-refractivity contribution in [1.82, 2.24) is 9.55 Å². The van der Waals surface area contributed by atoms with Gasteiger partial charge in [-0.05, 0) is 110 Å². The second kappa shape index (κ2) is 8.62. The van der Waals surface area contributed by atoms with Crippen LogP contribution in [0.15, 0.2) is 30.3 Å². The number of rotatable bonds is 2. The molecule has 4 aliphatic rings. The lowest BCUT2D eigenvalue weighted by atomic mass is 9.45. The molecule has 1 aromatic carbocycles. The number of nitrogens with zero attached hydrogens (tertiary/aromatic N) is 2. The minimum atomic E-state index is -0.122. The van der Waals surface area contributed by atoms with Crippen molar-refractivity contribution >= 4 is 45.6 Å². The van der Waals surface area contributed by atoms with E-state index in [4.69, 9.17) is 27.7 Å². The number of benzene rings is 1. The number of ether oxygens (including phenoxy) is 1. The highest BCUT2D eigenvalue weighted by Gasteiger charge is 2.61. The summed E-state index contributed by atoms with van der Waals surface area (Å²) in [5.41, 5.74) is 9.70. The summed E-state index contributed by atoms with van der Waals surface area (Å²) in [4.78, 5) is 19.2. The summed E-state index contributed by atoms with van der Waals surface area (Å²) in [5, 5.41) is 1.13. The highest BCUT2D eigenvalue weighted by Crippen LogP contribution is 2.66. The van der Waals surface area contributed by atoms with Gasteiger partial charge in [0.25, 0.3) is 0 Å². The van der Waals surface area contributed by atoms with Crippen LogP contribution in [-0.2, 0) is 22.4 Å². The number of carbonyl (C=O) groups excluding carboxylic acids is 1. The molecule has 7 heteroatoms. The number of nitrogens with two attached hydrogens (primary N) is 1. The number of esters is 1. The fraction of sp³-hybridized carbons (Fsp3) is 0.581. The van der Waals surface area contributed by atoms with Crippen LogP contribution in [0.5, 0.6) is 0 Å². The smallest absolute Gasteiger partial charge is 0.302 e. The van der Waals surface area contributed by atoms with Gasteiger partial charge < -0.3 is 10.5 Å². The molecular formula is C31H37N3O2S2. The number of nitrogen functional groups attached to an aromatic ring is 1. The molecule has 2 aromatic heterocycles. The van der Waals surface area contributed by atoms with Crippen LogP contribution >= 0.6 is 23.6 Å². The average molecular weight is 548 g/mol. The van der Waals surface area contributed by atoms with E-state index in [9.17, 15) is 4.79 Å². The van der Waals surface area contributed by atoms with Crippen LogP contribution in [0.25, 0.3) is 15.9 Å². The van der Waals surface area contributed by atoms with E-state index in [2.05, 4.69) is 13.8 Å². The molecule has 0 unspecified atom stereocenters. The number of anilines is 1. The lowest BCUT2D eigenvalue weighted by Gasteiger charge is -2.60. The van der Waals surface area contributed by atoms with Crippen molar-refractivity contribution in [2.75, 3.05) is 5.73 Å². The van der Waals surface area contributed by atoms with Crippen molar-refractivity contribution < 1.29 is 9.53 Å². The van der Waals surface area contributed by atoms with E-state index in [1.807, 2.05) is 46.2 Å². The number of hydrogen-bond donors (Lipinski definition) is 1. The molecule has 0 saturated heterocycles. The Balaban J connectivity index is 1.25. The molecule has 0 bridgehead atoms. The zero-order chi connectivity index (χ0) is 26.4. The Hall–Kier alpha value is -2.25. The summed E-state index contributed by atoms with van der Waals surface area (Å²) < 4.78 is 8.34. The van der Waals surface area contributed by atoms with Crippen LogP contribution in [0.3, 0.4) is 0 Å². The second-order valence-corrected chi connectivity index (χ2v) is 14.3. The van der Waals surface area contributed by atoms with Crippen LogP contribution in [0.4, 0.5) is 5.82 Å². The number of para-hydroxylation sites is 1. The summed E-state index contributed by atoms with van der Waals surface area (Å²) >= 11 is 7.55. The molecule has 0 radical (unpaired) electrons. The molecule has 0 aliphatic heterocycles. The number of hydrogen-bond acceptors (Lipinski definition) is 6. The van der Waals surface area contributed by atoms with Crippen LogP contribution in [0.2, 0.25) is 0 Å². The Kier molecular flexibility index (Phi) is 5.62. The molecule has 7 rings (SSSR count). The minimum absolute atomic E-state index is 0.0926. The number of thiophene rings is 1. The molecule has 0 amide bonds. The maximum atomic E-state index is 11.8. The van der Waals surface area contributed by atoms with Gasteiger partial charge in [0.05, 0.1) is 5.39 Å². The standard InChI is InChI=1S/C31H37N3O2S2/c1-17(35)36-25-12-11-22-20-10-9-18-15-21-24(16-31(18,3)23(20)13-14-30(22,25)2)38-28-26(21)27(32)34(29(37)33-28)19-7-5-4-6-8-19/h4-8,18,20,22-23,25H,9-16,32H2,1-3H3/t18-,20-,22-,23-,25-,30-,31-/m0/s1. The molecule has 7 atom stereocenters. The fourth-order valence-corrected chi connectivity index (χ4v) is 11.2. The summed E-state index contributed by atoms with van der Waals surface area (Å²) in [5.74, 6) is 3.39. The van der Waals surface area contributed by atoms with E-state index in [0.29, 0.717) is 22.0 Å². The van der Waals surface area contributed by atoms with Gasteiger partial charge in [-0.1, -0.05) is 32.0 Å². The first-order valence-electron chi connectivity index (χ1n) is 14.3. The largest absolute Gasteiger partial charge is 0.462 e. The van der Waals surface area contributed by atoms with E-state index in [0.717, 1.165) is 52.8 Å². The predicted octanol–water partition coefficient (Wildman–Crippen LogP) is 7.29. The molecule has 3 fully saturated rings.